The Kier molecular flexibility index (Phi) is 5.48. The monoisotopic (exact) mass is 338 g/mol. The Morgan fingerprint density at radius 3 is 2.68 bits per heavy atom. The zero-order chi connectivity index (χ0) is 17.5. The van der Waals surface area contributed by atoms with Crippen LogP contribution >= 0.6 is 0 Å². The van der Waals surface area contributed by atoms with Gasteiger partial charge in [0.2, 0.25) is 17.6 Å². The molecule has 0 aliphatic carbocycles. The van der Waals surface area contributed by atoms with E-state index in [1.807, 2.05) is 36.4 Å². The van der Waals surface area contributed by atoms with Crippen molar-refractivity contribution in [1.82, 2.24) is 20.4 Å². The lowest BCUT2D eigenvalue weighted by molar-refractivity contribution is -0.121. The van der Waals surface area contributed by atoms with Gasteiger partial charge in [0.05, 0.1) is 6.61 Å². The minimum atomic E-state index is -0.120. The van der Waals surface area contributed by atoms with Gasteiger partial charge in [0, 0.05) is 25.6 Å². The summed E-state index contributed by atoms with van der Waals surface area (Å²) in [6.07, 6.45) is 2.25. The second kappa shape index (κ2) is 8.16. The van der Waals surface area contributed by atoms with Gasteiger partial charge in [-0.15, -0.1) is 0 Å². The van der Waals surface area contributed by atoms with Gasteiger partial charge in [0.15, 0.2) is 0 Å². The molecule has 0 spiro atoms. The van der Waals surface area contributed by atoms with Gasteiger partial charge >= 0.3 is 0 Å². The lowest BCUT2D eigenvalue weighted by atomic mass is 10.1. The summed E-state index contributed by atoms with van der Waals surface area (Å²) in [7, 11) is 0. The Labute approximate surface area is 144 Å². The van der Waals surface area contributed by atoms with Gasteiger partial charge in [-0.25, -0.2) is 0 Å². The van der Waals surface area contributed by atoms with E-state index in [4.69, 9.17) is 4.52 Å². The normalized spacial score (nSPS) is 10.6. The molecule has 1 aromatic carbocycles. The van der Waals surface area contributed by atoms with Crippen LogP contribution in [0.3, 0.4) is 0 Å². The molecule has 0 aliphatic rings. The second-order valence-corrected chi connectivity index (χ2v) is 5.43. The van der Waals surface area contributed by atoms with Crippen molar-refractivity contribution in [2.75, 3.05) is 0 Å². The maximum Gasteiger partial charge on any atom is 0.227 e. The molecule has 7 nitrogen and oxygen atoms in total. The number of nitrogens with one attached hydrogen (secondary N) is 1. The number of aryl methyl sites for hydroxylation is 1. The molecular weight excluding hydrogens is 320 g/mol. The molecule has 0 radical (unpaired) electrons. The minimum Gasteiger partial charge on any atom is -0.392 e. The molecular formula is C18H18N4O3. The number of nitrogens with zero attached hydrogens (tertiary/aromatic N) is 3. The first-order valence-corrected chi connectivity index (χ1v) is 7.94. The molecule has 0 saturated carbocycles. The van der Waals surface area contributed by atoms with Crippen LogP contribution < -0.4 is 5.32 Å². The number of carbonyl (C=O) groups is 1. The van der Waals surface area contributed by atoms with Crippen LogP contribution in [0.15, 0.2) is 53.2 Å². The highest BCUT2D eigenvalue weighted by atomic mass is 16.5. The van der Waals surface area contributed by atoms with E-state index < -0.39 is 0 Å². The zero-order valence-electron chi connectivity index (χ0n) is 13.6. The van der Waals surface area contributed by atoms with Crippen LogP contribution in [0, 0.1) is 0 Å². The van der Waals surface area contributed by atoms with Gasteiger partial charge in [0.25, 0.3) is 0 Å². The first-order valence-electron chi connectivity index (χ1n) is 7.94. The van der Waals surface area contributed by atoms with Gasteiger partial charge in [-0.1, -0.05) is 35.5 Å². The highest BCUT2D eigenvalue weighted by molar-refractivity contribution is 5.76. The number of aliphatic hydroxyl groups is 1. The van der Waals surface area contributed by atoms with E-state index >= 15 is 0 Å². The zero-order valence-corrected chi connectivity index (χ0v) is 13.6. The molecule has 1 amide bonds. The number of rotatable bonds is 7. The molecule has 128 valence electrons. The molecule has 25 heavy (non-hydrogen) atoms. The third-order valence-electron chi connectivity index (χ3n) is 3.69. The van der Waals surface area contributed by atoms with Crippen LogP contribution in [-0.4, -0.2) is 26.1 Å². The van der Waals surface area contributed by atoms with Crippen molar-refractivity contribution in [3.05, 3.63) is 65.7 Å². The second-order valence-electron chi connectivity index (χ2n) is 5.43. The molecule has 0 unspecified atom stereocenters. The number of carbonyl (C=O) groups excluding carboxylic acids is 1. The number of hydrogen-bond donors (Lipinski definition) is 2. The summed E-state index contributed by atoms with van der Waals surface area (Å²) < 4.78 is 5.15. The average molecular weight is 338 g/mol. The van der Waals surface area contributed by atoms with Crippen molar-refractivity contribution in [2.45, 2.75) is 26.0 Å². The van der Waals surface area contributed by atoms with E-state index in [-0.39, 0.29) is 18.9 Å². The largest absolute Gasteiger partial charge is 0.392 e. The van der Waals surface area contributed by atoms with Crippen LogP contribution in [0.25, 0.3) is 11.5 Å². The van der Waals surface area contributed by atoms with E-state index in [1.165, 1.54) is 0 Å². The topological polar surface area (TPSA) is 101 Å². The van der Waals surface area contributed by atoms with Crippen LogP contribution in [0.5, 0.6) is 0 Å². The quantitative estimate of drug-likeness (QED) is 0.682. The predicted octanol–water partition coefficient (Wildman–Crippen LogP) is 1.87. The fourth-order valence-corrected chi connectivity index (χ4v) is 2.34. The van der Waals surface area contributed by atoms with Crippen LogP contribution in [0.1, 0.15) is 23.4 Å². The first kappa shape index (κ1) is 16.8. The maximum absolute atomic E-state index is 12.0. The van der Waals surface area contributed by atoms with Crippen molar-refractivity contribution in [3.63, 3.8) is 0 Å². The Bertz CT molecular complexity index is 833. The molecule has 0 fully saturated rings. The van der Waals surface area contributed by atoms with Crippen molar-refractivity contribution in [2.24, 2.45) is 0 Å². The summed E-state index contributed by atoms with van der Waals surface area (Å²) in [6.45, 7) is 0.322. The molecule has 0 saturated heterocycles. The molecule has 2 aromatic heterocycles. The lowest BCUT2D eigenvalue weighted by Crippen LogP contribution is -2.23. The lowest BCUT2D eigenvalue weighted by Gasteiger charge is -2.08. The van der Waals surface area contributed by atoms with E-state index in [9.17, 15) is 9.90 Å². The summed E-state index contributed by atoms with van der Waals surface area (Å²) in [6, 6.07) is 12.9. The summed E-state index contributed by atoms with van der Waals surface area (Å²) in [5.41, 5.74) is 2.33. The fourth-order valence-electron chi connectivity index (χ4n) is 2.34. The Balaban J connectivity index is 1.50. The SMILES string of the molecule is O=C(CCc1nc(-c2ccccn2)no1)NCc1ccccc1CO. The smallest absolute Gasteiger partial charge is 0.227 e. The molecule has 2 N–H and O–H groups in total. The van der Waals surface area contributed by atoms with Crippen molar-refractivity contribution in [3.8, 4) is 11.5 Å². The van der Waals surface area contributed by atoms with Crippen molar-refractivity contribution in [1.29, 1.82) is 0 Å². The first-order chi connectivity index (χ1) is 12.3. The number of aromatic nitrogens is 3. The minimum absolute atomic E-state index is 0.0513. The molecule has 0 aliphatic heterocycles. The number of hydrogen-bond acceptors (Lipinski definition) is 6. The van der Waals surface area contributed by atoms with E-state index in [2.05, 4.69) is 20.4 Å². The van der Waals surface area contributed by atoms with E-state index in [1.54, 1.807) is 12.3 Å². The van der Waals surface area contributed by atoms with Gasteiger partial charge in [-0.2, -0.15) is 4.98 Å². The molecule has 3 rings (SSSR count). The van der Waals surface area contributed by atoms with Crippen LogP contribution in [0.2, 0.25) is 0 Å². The highest BCUT2D eigenvalue weighted by Crippen LogP contribution is 2.13. The van der Waals surface area contributed by atoms with Gasteiger partial charge in [-0.05, 0) is 23.3 Å². The summed E-state index contributed by atoms with van der Waals surface area (Å²) in [5, 5.41) is 16.0. The summed E-state index contributed by atoms with van der Waals surface area (Å²) in [4.78, 5) is 20.4. The standard InChI is InChI=1S/C18H18N4O3/c23-12-14-6-2-1-5-13(14)11-20-16(24)8-9-17-21-18(22-25-17)15-7-3-4-10-19-15/h1-7,10,23H,8-9,11-12H2,(H,20,24). The third kappa shape index (κ3) is 4.48. The van der Waals surface area contributed by atoms with Gasteiger partial charge in [-0.3, -0.25) is 9.78 Å². The predicted molar refractivity (Wildman–Crippen MR) is 90.1 cm³/mol. The Hall–Kier alpha value is -3.06. The highest BCUT2D eigenvalue weighted by Gasteiger charge is 2.11. The number of amides is 1. The van der Waals surface area contributed by atoms with Crippen LogP contribution in [0.4, 0.5) is 0 Å². The van der Waals surface area contributed by atoms with E-state index in [0.29, 0.717) is 30.4 Å². The van der Waals surface area contributed by atoms with Crippen molar-refractivity contribution < 1.29 is 14.4 Å². The Morgan fingerprint density at radius 2 is 1.92 bits per heavy atom. The van der Waals surface area contributed by atoms with Crippen molar-refractivity contribution >= 4 is 5.91 Å². The fraction of sp³-hybridized carbons (Fsp3) is 0.222. The molecule has 3 aromatic rings. The summed E-state index contributed by atoms with van der Waals surface area (Å²) >= 11 is 0. The number of benzene rings is 1. The van der Waals surface area contributed by atoms with Gasteiger partial charge in [0.1, 0.15) is 5.69 Å². The number of aliphatic hydroxyl groups excluding tert-OH is 1. The number of pyridine rings is 1. The summed E-state index contributed by atoms with van der Waals surface area (Å²) in [5.74, 6) is 0.685. The molecule has 2 heterocycles. The van der Waals surface area contributed by atoms with Gasteiger partial charge < -0.3 is 14.9 Å². The molecule has 7 heteroatoms. The van der Waals surface area contributed by atoms with E-state index in [0.717, 1.165) is 11.1 Å². The molecule has 0 bridgehead atoms. The molecule has 0 atom stereocenters. The third-order valence-corrected chi connectivity index (χ3v) is 3.69. The Morgan fingerprint density at radius 1 is 1.12 bits per heavy atom. The average Bonchev–Trinajstić information content (AvgIpc) is 3.14. The maximum atomic E-state index is 12.0. The van der Waals surface area contributed by atoms with Crippen LogP contribution in [-0.2, 0) is 24.4 Å².